The third-order valence-electron chi connectivity index (χ3n) is 2.81. The van der Waals surface area contributed by atoms with Gasteiger partial charge in [-0.05, 0) is 32.1 Å². The fourth-order valence-corrected chi connectivity index (χ4v) is 2.23. The molecule has 1 aromatic rings. The molecule has 1 atom stereocenters. The Kier molecular flexibility index (Phi) is 7.02. The summed E-state index contributed by atoms with van der Waals surface area (Å²) in [5.74, 6) is 1.30. The van der Waals surface area contributed by atoms with Crippen molar-refractivity contribution >= 4 is 0 Å². The highest BCUT2D eigenvalue weighted by molar-refractivity contribution is 4.94. The first-order chi connectivity index (χ1) is 9.06. The van der Waals surface area contributed by atoms with E-state index in [1.807, 2.05) is 24.7 Å². The van der Waals surface area contributed by atoms with E-state index in [0.717, 1.165) is 12.2 Å². The van der Waals surface area contributed by atoms with E-state index in [-0.39, 0.29) is 0 Å². The molecule has 0 amide bonds. The van der Waals surface area contributed by atoms with E-state index in [4.69, 9.17) is 9.47 Å². The predicted molar refractivity (Wildman–Crippen MR) is 74.6 cm³/mol. The number of ether oxygens (including phenoxy) is 2. The van der Waals surface area contributed by atoms with Crippen LogP contribution in [0.2, 0.25) is 0 Å². The lowest BCUT2D eigenvalue weighted by Gasteiger charge is -2.14. The first kappa shape index (κ1) is 16.1. The highest BCUT2D eigenvalue weighted by Crippen LogP contribution is 2.17. The molecule has 0 N–H and O–H groups in total. The lowest BCUT2D eigenvalue weighted by molar-refractivity contribution is -0.142. The molecule has 5 heteroatoms. The van der Waals surface area contributed by atoms with Crippen LogP contribution >= 0.6 is 0 Å². The molecule has 1 rings (SSSR count). The quantitative estimate of drug-likeness (QED) is 0.647. The van der Waals surface area contributed by atoms with E-state index in [0.29, 0.717) is 25.0 Å². The van der Waals surface area contributed by atoms with Crippen LogP contribution < -0.4 is 0 Å². The molecule has 0 aliphatic heterocycles. The van der Waals surface area contributed by atoms with E-state index in [9.17, 15) is 0 Å². The van der Waals surface area contributed by atoms with Gasteiger partial charge in [0.2, 0.25) is 6.29 Å². The van der Waals surface area contributed by atoms with E-state index >= 15 is 0 Å². The van der Waals surface area contributed by atoms with Crippen molar-refractivity contribution in [2.45, 2.75) is 53.9 Å². The van der Waals surface area contributed by atoms with Crippen LogP contribution in [0.1, 0.15) is 53.0 Å². The van der Waals surface area contributed by atoms with Crippen LogP contribution in [0.4, 0.5) is 0 Å². The molecule has 0 saturated carbocycles. The Bertz CT molecular complexity index is 346. The molecule has 1 heterocycles. The van der Waals surface area contributed by atoms with Crippen LogP contribution in [0, 0.1) is 11.8 Å². The van der Waals surface area contributed by atoms with Crippen molar-refractivity contribution < 1.29 is 9.47 Å². The maximum atomic E-state index is 5.51. The van der Waals surface area contributed by atoms with Gasteiger partial charge in [-0.25, -0.2) is 0 Å². The lowest BCUT2D eigenvalue weighted by atomic mass is 9.99. The minimum Gasteiger partial charge on any atom is -0.347 e. The average molecular weight is 269 g/mol. The Morgan fingerprint density at radius 1 is 1.16 bits per heavy atom. The molecular weight excluding hydrogens is 242 g/mol. The molecule has 0 aliphatic rings. The zero-order chi connectivity index (χ0) is 14.3. The van der Waals surface area contributed by atoms with Gasteiger partial charge in [0.05, 0.1) is 6.20 Å². The Hall–Kier alpha value is -0.940. The van der Waals surface area contributed by atoms with Gasteiger partial charge in [0.15, 0.2) is 0 Å². The average Bonchev–Trinajstić information content (AvgIpc) is 2.76. The third-order valence-corrected chi connectivity index (χ3v) is 2.81. The molecular formula is C14H27N3O2. The fourth-order valence-electron chi connectivity index (χ4n) is 2.23. The minimum absolute atomic E-state index is 0.399. The molecule has 0 bridgehead atoms. The summed E-state index contributed by atoms with van der Waals surface area (Å²) in [5, 5.41) is 8.30. The second-order valence-electron chi connectivity index (χ2n) is 5.34. The predicted octanol–water partition coefficient (Wildman–Crippen LogP) is 3.03. The van der Waals surface area contributed by atoms with Gasteiger partial charge >= 0.3 is 0 Å². The Morgan fingerprint density at radius 2 is 1.79 bits per heavy atom. The third kappa shape index (κ3) is 5.70. The van der Waals surface area contributed by atoms with Crippen LogP contribution in [0.25, 0.3) is 0 Å². The lowest BCUT2D eigenvalue weighted by Crippen LogP contribution is -2.11. The molecule has 19 heavy (non-hydrogen) atoms. The van der Waals surface area contributed by atoms with Crippen molar-refractivity contribution in [3.05, 3.63) is 11.9 Å². The largest absolute Gasteiger partial charge is 0.347 e. The van der Waals surface area contributed by atoms with Crippen LogP contribution in [0.3, 0.4) is 0 Å². The molecule has 0 fully saturated rings. The second-order valence-corrected chi connectivity index (χ2v) is 5.34. The number of aromatic nitrogens is 3. The van der Waals surface area contributed by atoms with Gasteiger partial charge in [-0.3, -0.25) is 4.68 Å². The Labute approximate surface area is 116 Å². The number of nitrogens with zero attached hydrogens (tertiary/aromatic N) is 3. The van der Waals surface area contributed by atoms with E-state index in [2.05, 4.69) is 31.1 Å². The van der Waals surface area contributed by atoms with Gasteiger partial charge in [-0.1, -0.05) is 26.0 Å². The second kappa shape index (κ2) is 8.27. The molecule has 0 spiro atoms. The van der Waals surface area contributed by atoms with Gasteiger partial charge in [0.1, 0.15) is 5.69 Å². The summed E-state index contributed by atoms with van der Waals surface area (Å²) >= 11 is 0. The molecule has 1 unspecified atom stereocenters. The molecule has 0 aliphatic carbocycles. The molecule has 5 nitrogen and oxygen atoms in total. The van der Waals surface area contributed by atoms with Crippen molar-refractivity contribution in [3.8, 4) is 0 Å². The molecule has 1 aromatic heterocycles. The van der Waals surface area contributed by atoms with Gasteiger partial charge in [-0.15, -0.1) is 5.10 Å². The van der Waals surface area contributed by atoms with E-state index < -0.39 is 6.29 Å². The number of hydrogen-bond donors (Lipinski definition) is 0. The van der Waals surface area contributed by atoms with Crippen LogP contribution in [0.15, 0.2) is 6.20 Å². The zero-order valence-electron chi connectivity index (χ0n) is 12.8. The number of rotatable bonds is 9. The fraction of sp³-hybridized carbons (Fsp3) is 0.857. The van der Waals surface area contributed by atoms with Crippen molar-refractivity contribution in [1.82, 2.24) is 15.0 Å². The summed E-state index contributed by atoms with van der Waals surface area (Å²) in [6, 6.07) is 0. The van der Waals surface area contributed by atoms with Gasteiger partial charge in [0, 0.05) is 19.8 Å². The first-order valence-corrected chi connectivity index (χ1v) is 7.20. The van der Waals surface area contributed by atoms with Crippen molar-refractivity contribution in [2.24, 2.45) is 11.8 Å². The van der Waals surface area contributed by atoms with E-state index in [1.54, 1.807) is 0 Å². The molecule has 110 valence electrons. The summed E-state index contributed by atoms with van der Waals surface area (Å²) < 4.78 is 12.9. The summed E-state index contributed by atoms with van der Waals surface area (Å²) in [6.45, 7) is 12.7. The van der Waals surface area contributed by atoms with Crippen LogP contribution in [0.5, 0.6) is 0 Å². The summed E-state index contributed by atoms with van der Waals surface area (Å²) in [4.78, 5) is 0. The minimum atomic E-state index is -0.399. The highest BCUT2D eigenvalue weighted by atomic mass is 16.7. The zero-order valence-corrected chi connectivity index (χ0v) is 12.8. The summed E-state index contributed by atoms with van der Waals surface area (Å²) in [7, 11) is 0. The maximum absolute atomic E-state index is 5.51. The SMILES string of the molecule is CCOC(OCC)c1cn(CC(C)CC(C)C)nn1. The Morgan fingerprint density at radius 3 is 2.32 bits per heavy atom. The first-order valence-electron chi connectivity index (χ1n) is 7.20. The number of hydrogen-bond acceptors (Lipinski definition) is 4. The monoisotopic (exact) mass is 269 g/mol. The standard InChI is InChI=1S/C14H27N3O2/c1-6-18-14(19-7-2)13-10-17(16-15-13)9-12(5)8-11(3)4/h10-12,14H,6-9H2,1-5H3. The molecule has 0 radical (unpaired) electrons. The summed E-state index contributed by atoms with van der Waals surface area (Å²) in [5.41, 5.74) is 0.750. The highest BCUT2D eigenvalue weighted by Gasteiger charge is 2.16. The van der Waals surface area contributed by atoms with Crippen molar-refractivity contribution in [2.75, 3.05) is 13.2 Å². The Balaban J connectivity index is 2.59. The van der Waals surface area contributed by atoms with Crippen molar-refractivity contribution in [1.29, 1.82) is 0 Å². The normalized spacial score (nSPS) is 13.4. The maximum Gasteiger partial charge on any atom is 0.204 e. The van der Waals surface area contributed by atoms with Gasteiger partial charge in [-0.2, -0.15) is 0 Å². The van der Waals surface area contributed by atoms with Crippen LogP contribution in [-0.2, 0) is 16.0 Å². The molecule has 0 saturated heterocycles. The van der Waals surface area contributed by atoms with Gasteiger partial charge < -0.3 is 9.47 Å². The van der Waals surface area contributed by atoms with Gasteiger partial charge in [0.25, 0.3) is 0 Å². The topological polar surface area (TPSA) is 49.2 Å². The summed E-state index contributed by atoms with van der Waals surface area (Å²) in [6.07, 6.45) is 2.71. The molecule has 0 aromatic carbocycles. The van der Waals surface area contributed by atoms with Crippen molar-refractivity contribution in [3.63, 3.8) is 0 Å². The van der Waals surface area contributed by atoms with E-state index in [1.165, 1.54) is 6.42 Å². The smallest absolute Gasteiger partial charge is 0.204 e. The van der Waals surface area contributed by atoms with Crippen LogP contribution in [-0.4, -0.2) is 28.2 Å².